The van der Waals surface area contributed by atoms with Crippen LogP contribution in [0.15, 0.2) is 36.0 Å². The number of nitrogens with zero attached hydrogens (tertiary/aromatic N) is 6. The molecule has 0 aliphatic carbocycles. The average molecular weight is 371 g/mol. The van der Waals surface area contributed by atoms with Gasteiger partial charge in [-0.2, -0.15) is 0 Å². The highest BCUT2D eigenvalue weighted by Gasteiger charge is 2.14. The van der Waals surface area contributed by atoms with Crippen molar-refractivity contribution in [3.8, 4) is 5.69 Å². The summed E-state index contributed by atoms with van der Waals surface area (Å²) in [6.07, 6.45) is 1.50. The molecular formula is C16H17N7O2S. The zero-order chi connectivity index (χ0) is 17.8. The smallest absolute Gasteiger partial charge is 0.257 e. The second-order valence-electron chi connectivity index (χ2n) is 5.79. The first kappa shape index (κ1) is 16.8. The van der Waals surface area contributed by atoms with E-state index in [-0.39, 0.29) is 5.91 Å². The van der Waals surface area contributed by atoms with E-state index in [1.54, 1.807) is 24.3 Å². The highest BCUT2D eigenvalue weighted by molar-refractivity contribution is 7.13. The number of hydrogen-bond donors (Lipinski definition) is 1. The molecule has 1 aliphatic rings. The zero-order valence-electron chi connectivity index (χ0n) is 13.9. The average Bonchev–Trinajstić information content (AvgIpc) is 3.35. The van der Waals surface area contributed by atoms with E-state index in [1.807, 2.05) is 5.38 Å². The summed E-state index contributed by atoms with van der Waals surface area (Å²) in [5, 5.41) is 16.4. The van der Waals surface area contributed by atoms with Gasteiger partial charge in [0.05, 0.1) is 24.6 Å². The van der Waals surface area contributed by atoms with Crippen molar-refractivity contribution in [3.05, 3.63) is 47.2 Å². The van der Waals surface area contributed by atoms with Crippen LogP contribution in [0, 0.1) is 0 Å². The minimum atomic E-state index is -0.194. The second-order valence-corrected chi connectivity index (χ2v) is 6.65. The van der Waals surface area contributed by atoms with Crippen LogP contribution in [0.2, 0.25) is 0 Å². The number of nitrogens with one attached hydrogen (secondary N) is 1. The topological polar surface area (TPSA) is 98.1 Å². The second kappa shape index (κ2) is 7.68. The molecule has 3 aromatic rings. The molecule has 1 fully saturated rings. The first-order chi connectivity index (χ1) is 12.8. The lowest BCUT2D eigenvalue weighted by molar-refractivity contribution is 0.0337. The number of morpholine rings is 1. The maximum Gasteiger partial charge on any atom is 0.257 e. The molecule has 134 valence electrons. The SMILES string of the molecule is O=C(Nc1nc(CN2CCOCC2)cs1)c1ccc(-n2cnnn2)cc1. The molecule has 9 nitrogen and oxygen atoms in total. The van der Waals surface area contributed by atoms with Crippen LogP contribution in [0.3, 0.4) is 0 Å². The van der Waals surface area contributed by atoms with E-state index in [9.17, 15) is 4.79 Å². The first-order valence-corrected chi connectivity index (χ1v) is 9.05. The number of tetrazole rings is 1. The van der Waals surface area contributed by atoms with Gasteiger partial charge in [0.15, 0.2) is 5.13 Å². The highest BCUT2D eigenvalue weighted by Crippen LogP contribution is 2.18. The lowest BCUT2D eigenvalue weighted by atomic mass is 10.2. The summed E-state index contributed by atoms with van der Waals surface area (Å²) in [4.78, 5) is 19.2. The molecule has 0 bridgehead atoms. The predicted octanol–water partition coefficient (Wildman–Crippen LogP) is 1.20. The number of ether oxygens (including phenoxy) is 1. The van der Waals surface area contributed by atoms with Crippen LogP contribution in [0.1, 0.15) is 16.1 Å². The molecule has 10 heteroatoms. The molecule has 26 heavy (non-hydrogen) atoms. The largest absolute Gasteiger partial charge is 0.379 e. The third-order valence-corrected chi connectivity index (χ3v) is 4.81. The van der Waals surface area contributed by atoms with E-state index >= 15 is 0 Å². The summed E-state index contributed by atoms with van der Waals surface area (Å²) in [6, 6.07) is 7.04. The molecule has 1 amide bonds. The highest BCUT2D eigenvalue weighted by atomic mass is 32.1. The summed E-state index contributed by atoms with van der Waals surface area (Å²) in [5.74, 6) is -0.194. The number of thiazole rings is 1. The van der Waals surface area contributed by atoms with Crippen molar-refractivity contribution in [1.82, 2.24) is 30.1 Å². The van der Waals surface area contributed by atoms with Crippen molar-refractivity contribution in [2.75, 3.05) is 31.6 Å². The molecule has 0 unspecified atom stereocenters. The molecule has 1 aliphatic heterocycles. The summed E-state index contributed by atoms with van der Waals surface area (Å²) in [5.41, 5.74) is 2.29. The maximum atomic E-state index is 12.4. The van der Waals surface area contributed by atoms with Gasteiger partial charge in [0.2, 0.25) is 0 Å². The van der Waals surface area contributed by atoms with Gasteiger partial charge in [0.1, 0.15) is 6.33 Å². The van der Waals surface area contributed by atoms with E-state index in [0.29, 0.717) is 10.7 Å². The van der Waals surface area contributed by atoms with E-state index < -0.39 is 0 Å². The van der Waals surface area contributed by atoms with Crippen LogP contribution in [0.25, 0.3) is 5.69 Å². The Morgan fingerprint density at radius 2 is 2.04 bits per heavy atom. The van der Waals surface area contributed by atoms with Gasteiger partial charge >= 0.3 is 0 Å². The molecule has 3 heterocycles. The van der Waals surface area contributed by atoms with Crippen LogP contribution in [0.5, 0.6) is 0 Å². The van der Waals surface area contributed by atoms with Gasteiger partial charge in [-0.1, -0.05) is 0 Å². The van der Waals surface area contributed by atoms with Gasteiger partial charge in [-0.05, 0) is 34.7 Å². The molecule has 1 N–H and O–H groups in total. The maximum absolute atomic E-state index is 12.4. The first-order valence-electron chi connectivity index (χ1n) is 8.17. The van der Waals surface area contributed by atoms with Gasteiger partial charge in [-0.25, -0.2) is 9.67 Å². The van der Waals surface area contributed by atoms with Gasteiger partial charge in [-0.15, -0.1) is 16.4 Å². The summed E-state index contributed by atoms with van der Waals surface area (Å²) < 4.78 is 6.88. The van der Waals surface area contributed by atoms with Crippen LogP contribution < -0.4 is 5.32 Å². The Morgan fingerprint density at radius 3 is 2.77 bits per heavy atom. The van der Waals surface area contributed by atoms with Gasteiger partial charge in [0, 0.05) is 30.6 Å². The summed E-state index contributed by atoms with van der Waals surface area (Å²) >= 11 is 1.43. The number of carbonyl (C=O) groups excluding carboxylic acids is 1. The molecule has 0 spiro atoms. The van der Waals surface area contributed by atoms with Crippen molar-refractivity contribution in [2.24, 2.45) is 0 Å². The third-order valence-electron chi connectivity index (χ3n) is 4.00. The van der Waals surface area contributed by atoms with Crippen molar-refractivity contribution < 1.29 is 9.53 Å². The number of anilines is 1. The lowest BCUT2D eigenvalue weighted by Gasteiger charge is -2.25. The van der Waals surface area contributed by atoms with Crippen LogP contribution in [-0.4, -0.2) is 62.3 Å². The minimum absolute atomic E-state index is 0.194. The fourth-order valence-electron chi connectivity index (χ4n) is 2.64. The molecule has 0 radical (unpaired) electrons. The summed E-state index contributed by atoms with van der Waals surface area (Å²) in [6.45, 7) is 4.11. The van der Waals surface area contributed by atoms with Crippen molar-refractivity contribution in [1.29, 1.82) is 0 Å². The van der Waals surface area contributed by atoms with Crippen molar-refractivity contribution >= 4 is 22.4 Å². The normalized spacial score (nSPS) is 15.1. The number of benzene rings is 1. The van der Waals surface area contributed by atoms with Crippen LogP contribution in [-0.2, 0) is 11.3 Å². The monoisotopic (exact) mass is 371 g/mol. The Morgan fingerprint density at radius 1 is 1.23 bits per heavy atom. The number of hydrogen-bond acceptors (Lipinski definition) is 8. The number of aromatic nitrogens is 5. The fraction of sp³-hybridized carbons (Fsp3) is 0.312. The number of rotatable bonds is 5. The van der Waals surface area contributed by atoms with E-state index in [4.69, 9.17) is 4.74 Å². The van der Waals surface area contributed by atoms with E-state index in [1.165, 1.54) is 22.3 Å². The molecule has 0 atom stereocenters. The van der Waals surface area contributed by atoms with Gasteiger partial charge in [-0.3, -0.25) is 15.0 Å². The molecule has 1 saturated heterocycles. The Kier molecular flexibility index (Phi) is 4.95. The Balaban J connectivity index is 1.37. The van der Waals surface area contributed by atoms with E-state index in [0.717, 1.165) is 44.2 Å². The Labute approximate surface area is 153 Å². The lowest BCUT2D eigenvalue weighted by Crippen LogP contribution is -2.35. The van der Waals surface area contributed by atoms with Gasteiger partial charge in [0.25, 0.3) is 5.91 Å². The van der Waals surface area contributed by atoms with Crippen LogP contribution >= 0.6 is 11.3 Å². The molecule has 1 aromatic carbocycles. The molecular weight excluding hydrogens is 354 g/mol. The minimum Gasteiger partial charge on any atom is -0.379 e. The number of amides is 1. The van der Waals surface area contributed by atoms with Gasteiger partial charge < -0.3 is 4.74 Å². The van der Waals surface area contributed by atoms with Crippen molar-refractivity contribution in [2.45, 2.75) is 6.54 Å². The molecule has 0 saturated carbocycles. The van der Waals surface area contributed by atoms with E-state index in [2.05, 4.69) is 30.7 Å². The molecule has 4 rings (SSSR count). The molecule has 2 aromatic heterocycles. The zero-order valence-corrected chi connectivity index (χ0v) is 14.7. The predicted molar refractivity (Wildman–Crippen MR) is 95.3 cm³/mol. The Hall–Kier alpha value is -2.69. The number of carbonyl (C=O) groups is 1. The summed E-state index contributed by atoms with van der Waals surface area (Å²) in [7, 11) is 0. The third kappa shape index (κ3) is 3.93. The van der Waals surface area contributed by atoms with Crippen molar-refractivity contribution in [3.63, 3.8) is 0 Å². The Bertz CT molecular complexity index is 857. The fourth-order valence-corrected chi connectivity index (χ4v) is 3.34. The standard InChI is InChI=1S/C16H17N7O2S/c24-15(12-1-3-14(4-2-12)23-11-17-20-21-23)19-16-18-13(10-26-16)9-22-5-7-25-8-6-22/h1-4,10-11H,5-9H2,(H,18,19,24). The van der Waals surface area contributed by atoms with Crippen LogP contribution in [0.4, 0.5) is 5.13 Å². The quantitative estimate of drug-likeness (QED) is 0.720.